The summed E-state index contributed by atoms with van der Waals surface area (Å²) >= 11 is 0. The van der Waals surface area contributed by atoms with Crippen LogP contribution in [0.2, 0.25) is 0 Å². The summed E-state index contributed by atoms with van der Waals surface area (Å²) in [7, 11) is -3.67. The van der Waals surface area contributed by atoms with E-state index in [-0.39, 0.29) is 16.2 Å². The van der Waals surface area contributed by atoms with Crippen LogP contribution in [0.3, 0.4) is 0 Å². The number of aliphatic hydroxyl groups excluding tert-OH is 1. The molecule has 0 unspecified atom stereocenters. The van der Waals surface area contributed by atoms with Crippen LogP contribution in [0.1, 0.15) is 55.8 Å². The van der Waals surface area contributed by atoms with Crippen LogP contribution in [-0.2, 0) is 21.2 Å². The number of aryl methyl sites for hydroxylation is 1. The monoisotopic (exact) mass is 531 g/mol. The van der Waals surface area contributed by atoms with Gasteiger partial charge in [-0.25, -0.2) is 13.6 Å². The number of hydrogen-bond acceptors (Lipinski definition) is 7. The number of aromatic hydroxyl groups is 1. The molecule has 0 radical (unpaired) electrons. The van der Waals surface area contributed by atoms with E-state index >= 15 is 0 Å². The summed E-state index contributed by atoms with van der Waals surface area (Å²) in [6.45, 7) is 2.54. The van der Waals surface area contributed by atoms with Gasteiger partial charge in [-0.3, -0.25) is 4.79 Å². The van der Waals surface area contributed by atoms with Crippen LogP contribution < -0.4 is 16.0 Å². The third-order valence-corrected chi connectivity index (χ3v) is 7.14. The largest absolute Gasteiger partial charge is 0.506 e. The van der Waals surface area contributed by atoms with Gasteiger partial charge in [-0.05, 0) is 67.6 Å². The van der Waals surface area contributed by atoms with E-state index < -0.39 is 16.1 Å². The predicted molar refractivity (Wildman–Crippen MR) is 144 cm³/mol. The molecule has 3 aromatic rings. The van der Waals surface area contributed by atoms with Crippen molar-refractivity contribution in [2.75, 3.05) is 26.3 Å². The Morgan fingerprint density at radius 3 is 2.54 bits per heavy atom. The summed E-state index contributed by atoms with van der Waals surface area (Å²) in [5, 5.41) is 29.6. The van der Waals surface area contributed by atoms with Crippen molar-refractivity contribution in [1.82, 2.24) is 10.3 Å². The maximum Gasteiger partial charge on any atom is 0.248 e. The maximum atomic E-state index is 11.5. The molecule has 0 saturated carbocycles. The highest BCUT2D eigenvalue weighted by Gasteiger charge is 2.13. The third kappa shape index (κ3) is 9.24. The number of nitrogens with two attached hydrogens (primary N) is 1. The molecule has 0 saturated heterocycles. The Morgan fingerprint density at radius 1 is 0.973 bits per heavy atom. The topological polar surface area (TPSA) is 155 Å². The van der Waals surface area contributed by atoms with Gasteiger partial charge in [-0.2, -0.15) is 0 Å². The lowest BCUT2D eigenvalue weighted by Gasteiger charge is -2.15. The molecule has 1 atom stereocenters. The van der Waals surface area contributed by atoms with Crippen LogP contribution in [0, 0.1) is 0 Å². The lowest BCUT2D eigenvalue weighted by molar-refractivity contribution is 0.127. The number of aliphatic hydroxyl groups is 1. The summed E-state index contributed by atoms with van der Waals surface area (Å²) < 4.78 is 28.5. The molecule has 2 aromatic carbocycles. The normalized spacial score (nSPS) is 12.7. The first-order valence-corrected chi connectivity index (χ1v) is 14.2. The summed E-state index contributed by atoms with van der Waals surface area (Å²) in [5.74, 6) is -0.0184. The molecule has 0 aliphatic heterocycles. The van der Waals surface area contributed by atoms with Crippen molar-refractivity contribution in [1.29, 1.82) is 0 Å². The van der Waals surface area contributed by atoms with Gasteiger partial charge in [0.2, 0.25) is 15.6 Å². The smallest absolute Gasteiger partial charge is 0.248 e. The number of primary sulfonamides is 1. The quantitative estimate of drug-likeness (QED) is 0.178. The molecule has 0 amide bonds. The fourth-order valence-electron chi connectivity index (χ4n) is 4.24. The minimum absolute atomic E-state index is 0.0184. The summed E-state index contributed by atoms with van der Waals surface area (Å²) in [6, 6.07) is 12.9. The van der Waals surface area contributed by atoms with Gasteiger partial charge >= 0.3 is 0 Å². The van der Waals surface area contributed by atoms with E-state index in [1.807, 2.05) is 6.07 Å². The molecule has 202 valence electrons. The van der Waals surface area contributed by atoms with Crippen LogP contribution in [0.5, 0.6) is 5.75 Å². The number of pyridine rings is 1. The van der Waals surface area contributed by atoms with E-state index in [0.29, 0.717) is 36.2 Å². The standard InChI is InChI=1S/C27H37N3O6S/c28-37(34,35)21-10-6-8-20(18-21)9-7-17-36-16-5-3-1-2-4-15-29-19-25(32)22-11-13-24(31)27-23(22)12-14-26(33)30-27/h6,8,10-14,18,25,29,31-32H,1-5,7,9,15-17,19H2,(H,30,33)(H2,28,34,35)/t25-/m1/s1. The van der Waals surface area contributed by atoms with Crippen molar-refractivity contribution in [3.8, 4) is 5.75 Å². The van der Waals surface area contributed by atoms with Crippen molar-refractivity contribution >= 4 is 20.9 Å². The molecule has 10 heteroatoms. The number of fused-ring (bicyclic) bond motifs is 1. The van der Waals surface area contributed by atoms with Gasteiger partial charge in [0, 0.05) is 31.2 Å². The Bertz CT molecular complexity index is 1310. The van der Waals surface area contributed by atoms with E-state index in [4.69, 9.17) is 9.88 Å². The molecule has 0 spiro atoms. The van der Waals surface area contributed by atoms with Crippen molar-refractivity contribution < 1.29 is 23.4 Å². The average Bonchev–Trinajstić information content (AvgIpc) is 2.87. The Balaban J connectivity index is 1.20. The summed E-state index contributed by atoms with van der Waals surface area (Å²) in [6.07, 6.45) is 6.13. The number of benzene rings is 2. The first-order valence-electron chi connectivity index (χ1n) is 12.7. The Labute approximate surface area is 217 Å². The second kappa shape index (κ2) is 14.3. The zero-order valence-corrected chi connectivity index (χ0v) is 21.8. The van der Waals surface area contributed by atoms with E-state index in [0.717, 1.165) is 57.1 Å². The molecule has 6 N–H and O–H groups in total. The Hall–Kier alpha value is -2.76. The third-order valence-electron chi connectivity index (χ3n) is 6.23. The highest BCUT2D eigenvalue weighted by molar-refractivity contribution is 7.89. The second-order valence-corrected chi connectivity index (χ2v) is 10.7. The molecule has 37 heavy (non-hydrogen) atoms. The van der Waals surface area contributed by atoms with E-state index in [1.165, 1.54) is 18.2 Å². The number of sulfonamides is 1. The van der Waals surface area contributed by atoms with Gasteiger partial charge in [0.15, 0.2) is 0 Å². The van der Waals surface area contributed by atoms with Crippen LogP contribution in [0.4, 0.5) is 0 Å². The minimum Gasteiger partial charge on any atom is -0.506 e. The number of aromatic nitrogens is 1. The van der Waals surface area contributed by atoms with Crippen LogP contribution >= 0.6 is 0 Å². The van der Waals surface area contributed by atoms with E-state index in [9.17, 15) is 23.4 Å². The summed E-state index contributed by atoms with van der Waals surface area (Å²) in [4.78, 5) is 14.3. The Kier molecular flexibility index (Phi) is 11.1. The summed E-state index contributed by atoms with van der Waals surface area (Å²) in [5.41, 5.74) is 1.63. The van der Waals surface area contributed by atoms with Gasteiger partial charge in [0.25, 0.3) is 0 Å². The lowest BCUT2D eigenvalue weighted by atomic mass is 10.0. The lowest BCUT2D eigenvalue weighted by Crippen LogP contribution is -2.22. The minimum atomic E-state index is -3.67. The van der Waals surface area contributed by atoms with Gasteiger partial charge < -0.3 is 25.3 Å². The van der Waals surface area contributed by atoms with E-state index in [1.54, 1.807) is 24.3 Å². The molecule has 0 aliphatic rings. The number of H-pyrrole nitrogens is 1. The zero-order chi connectivity index (χ0) is 26.7. The molecule has 1 heterocycles. The van der Waals surface area contributed by atoms with Gasteiger partial charge in [0.05, 0.1) is 16.5 Å². The molecular weight excluding hydrogens is 494 g/mol. The fraction of sp³-hybridized carbons (Fsp3) is 0.444. The number of nitrogens with one attached hydrogen (secondary N) is 2. The molecule has 9 nitrogen and oxygen atoms in total. The SMILES string of the molecule is NS(=O)(=O)c1cccc(CCCOCCCCCCCNC[C@@H](O)c2ccc(O)c3[nH]c(=O)ccc23)c1. The number of aromatic amines is 1. The van der Waals surface area contributed by atoms with Crippen LogP contribution in [-0.4, -0.2) is 49.9 Å². The first kappa shape index (κ1) is 28.8. The van der Waals surface area contributed by atoms with E-state index in [2.05, 4.69) is 10.3 Å². The number of unbranched alkanes of at least 4 members (excludes halogenated alkanes) is 4. The van der Waals surface area contributed by atoms with Gasteiger partial charge in [-0.1, -0.05) is 37.5 Å². The first-order chi connectivity index (χ1) is 17.8. The average molecular weight is 532 g/mol. The maximum absolute atomic E-state index is 11.5. The number of phenols is 1. The second-order valence-electron chi connectivity index (χ2n) is 9.18. The molecule has 0 aliphatic carbocycles. The van der Waals surface area contributed by atoms with Crippen LogP contribution in [0.15, 0.2) is 58.2 Å². The number of ether oxygens (including phenoxy) is 1. The van der Waals surface area contributed by atoms with Crippen molar-refractivity contribution in [2.45, 2.75) is 55.9 Å². The van der Waals surface area contributed by atoms with Crippen LogP contribution in [0.25, 0.3) is 10.9 Å². The highest BCUT2D eigenvalue weighted by atomic mass is 32.2. The zero-order valence-electron chi connectivity index (χ0n) is 21.0. The molecule has 1 aromatic heterocycles. The molecule has 3 rings (SSSR count). The Morgan fingerprint density at radius 2 is 1.73 bits per heavy atom. The highest BCUT2D eigenvalue weighted by Crippen LogP contribution is 2.28. The van der Waals surface area contributed by atoms with Gasteiger partial charge in [-0.15, -0.1) is 0 Å². The molecular formula is C27H37N3O6S. The fourth-order valence-corrected chi connectivity index (χ4v) is 4.82. The van der Waals surface area contributed by atoms with Gasteiger partial charge in [0.1, 0.15) is 5.75 Å². The number of phenolic OH excluding ortho intramolecular Hbond substituents is 1. The van der Waals surface area contributed by atoms with Crippen molar-refractivity contribution in [3.63, 3.8) is 0 Å². The van der Waals surface area contributed by atoms with Crippen molar-refractivity contribution in [2.24, 2.45) is 5.14 Å². The number of rotatable bonds is 16. The van der Waals surface area contributed by atoms with Crippen molar-refractivity contribution in [3.05, 3.63) is 70.0 Å². The molecule has 0 bridgehead atoms. The predicted octanol–water partition coefficient (Wildman–Crippen LogP) is 3.10. The number of hydrogen-bond donors (Lipinski definition) is 5. The molecule has 0 fully saturated rings.